The van der Waals surface area contributed by atoms with Crippen LogP contribution in [0.3, 0.4) is 0 Å². The molecule has 0 spiro atoms. The number of benzene rings is 3. The third kappa shape index (κ3) is 10.4. The first-order valence-electron chi connectivity index (χ1n) is 13.4. The largest absolute Gasteiger partial charge is 0.445 e. The minimum absolute atomic E-state index is 0.00248. The summed E-state index contributed by atoms with van der Waals surface area (Å²) in [6.07, 6.45) is -1.34. The number of carbonyl (C=O) groups is 3. The van der Waals surface area contributed by atoms with Crippen LogP contribution in [0.15, 0.2) is 91.0 Å². The Morgan fingerprint density at radius 2 is 1.32 bits per heavy atom. The van der Waals surface area contributed by atoms with Crippen molar-refractivity contribution in [1.82, 2.24) is 16.0 Å². The molecule has 0 aliphatic carbocycles. The van der Waals surface area contributed by atoms with E-state index >= 15 is 0 Å². The Balaban J connectivity index is 1.59. The molecule has 1 unspecified atom stereocenters. The summed E-state index contributed by atoms with van der Waals surface area (Å²) in [5.74, 6) is -1.21. The van der Waals surface area contributed by atoms with Crippen molar-refractivity contribution < 1.29 is 24.2 Å². The topological polar surface area (TPSA) is 129 Å². The number of para-hydroxylation sites is 1. The van der Waals surface area contributed by atoms with Crippen LogP contribution < -0.4 is 21.3 Å². The summed E-state index contributed by atoms with van der Waals surface area (Å²) in [5, 5.41) is 21.6. The Hall–Kier alpha value is -4.37. The molecule has 0 aromatic heterocycles. The Bertz CT molecular complexity index is 1190. The van der Waals surface area contributed by atoms with Gasteiger partial charge in [0.15, 0.2) is 0 Å². The number of alkyl carbamates (subject to hydrolysis) is 1. The molecule has 0 radical (unpaired) electrons. The summed E-state index contributed by atoms with van der Waals surface area (Å²) in [7, 11) is 0. The molecule has 0 fully saturated rings. The standard InChI is InChI=1S/C31H38N4O5/c1-22(2)28(35-31(39)40-21-24-14-8-4-9-15-24)30(38)34-27(18-23-12-6-3-7-13-23)29(37)33-20-26(36)19-32-25-16-10-5-11-17-25/h3-17,22,26-28,32,36H,18-21H2,1-2H3,(H,33,37)(H,34,38)(H,35,39)/t26?,27-,28-/m0/s1. The van der Waals surface area contributed by atoms with Gasteiger partial charge in [-0.2, -0.15) is 0 Å². The number of rotatable bonds is 14. The average molecular weight is 547 g/mol. The van der Waals surface area contributed by atoms with Crippen LogP contribution in [0.1, 0.15) is 25.0 Å². The zero-order valence-electron chi connectivity index (χ0n) is 22.9. The van der Waals surface area contributed by atoms with Gasteiger partial charge >= 0.3 is 6.09 Å². The summed E-state index contributed by atoms with van der Waals surface area (Å²) in [6, 6.07) is 26.1. The van der Waals surface area contributed by atoms with E-state index in [0.29, 0.717) is 0 Å². The van der Waals surface area contributed by atoms with Crippen molar-refractivity contribution in [2.24, 2.45) is 5.92 Å². The smallest absolute Gasteiger partial charge is 0.408 e. The molecule has 3 aromatic rings. The highest BCUT2D eigenvalue weighted by Crippen LogP contribution is 2.09. The first-order valence-corrected chi connectivity index (χ1v) is 13.4. The van der Waals surface area contributed by atoms with Gasteiger partial charge in [-0.05, 0) is 29.2 Å². The van der Waals surface area contributed by atoms with Gasteiger partial charge in [0, 0.05) is 25.2 Å². The predicted molar refractivity (Wildman–Crippen MR) is 154 cm³/mol. The van der Waals surface area contributed by atoms with Crippen molar-refractivity contribution in [2.45, 2.75) is 45.1 Å². The van der Waals surface area contributed by atoms with Gasteiger partial charge in [0.2, 0.25) is 11.8 Å². The van der Waals surface area contributed by atoms with E-state index in [2.05, 4.69) is 21.3 Å². The quantitative estimate of drug-likeness (QED) is 0.211. The lowest BCUT2D eigenvalue weighted by Gasteiger charge is -2.25. The number of aliphatic hydroxyl groups is 1. The lowest BCUT2D eigenvalue weighted by atomic mass is 10.0. The van der Waals surface area contributed by atoms with Crippen LogP contribution >= 0.6 is 0 Å². The van der Waals surface area contributed by atoms with Crippen molar-refractivity contribution in [1.29, 1.82) is 0 Å². The summed E-state index contributed by atoms with van der Waals surface area (Å²) in [4.78, 5) is 38.9. The maximum absolute atomic E-state index is 13.3. The third-order valence-corrected chi connectivity index (χ3v) is 6.18. The Labute approximate surface area is 235 Å². The Morgan fingerprint density at radius 3 is 1.93 bits per heavy atom. The van der Waals surface area contributed by atoms with E-state index in [4.69, 9.17) is 4.74 Å². The van der Waals surface area contributed by atoms with Crippen LogP contribution in [-0.4, -0.2) is 54.3 Å². The van der Waals surface area contributed by atoms with E-state index < -0.39 is 36.1 Å². The summed E-state index contributed by atoms with van der Waals surface area (Å²) in [5.41, 5.74) is 2.53. The lowest BCUT2D eigenvalue weighted by molar-refractivity contribution is -0.130. The number of nitrogens with one attached hydrogen (secondary N) is 4. The fourth-order valence-corrected chi connectivity index (χ4v) is 3.95. The number of hydrogen-bond acceptors (Lipinski definition) is 6. The molecule has 212 valence electrons. The fourth-order valence-electron chi connectivity index (χ4n) is 3.95. The van der Waals surface area contributed by atoms with Crippen molar-refractivity contribution in [3.05, 3.63) is 102 Å². The SMILES string of the molecule is CC(C)[C@H](NC(=O)OCc1ccccc1)C(=O)N[C@@H](Cc1ccccc1)C(=O)NCC(O)CNc1ccccc1. The monoisotopic (exact) mass is 546 g/mol. The number of hydrogen-bond donors (Lipinski definition) is 5. The second-order valence-electron chi connectivity index (χ2n) is 9.82. The van der Waals surface area contributed by atoms with Gasteiger partial charge in [-0.3, -0.25) is 9.59 Å². The van der Waals surface area contributed by atoms with Gasteiger partial charge in [0.05, 0.1) is 6.10 Å². The molecule has 0 aliphatic rings. The van der Waals surface area contributed by atoms with E-state index in [1.807, 2.05) is 91.0 Å². The van der Waals surface area contributed by atoms with Crippen molar-refractivity contribution >= 4 is 23.6 Å². The minimum Gasteiger partial charge on any atom is -0.445 e. The molecule has 0 saturated carbocycles. The molecule has 0 bridgehead atoms. The van der Waals surface area contributed by atoms with Crippen molar-refractivity contribution in [3.8, 4) is 0 Å². The zero-order valence-corrected chi connectivity index (χ0v) is 22.9. The van der Waals surface area contributed by atoms with E-state index in [1.165, 1.54) is 0 Å². The highest BCUT2D eigenvalue weighted by atomic mass is 16.5. The van der Waals surface area contributed by atoms with Crippen LogP contribution in [-0.2, 0) is 27.4 Å². The van der Waals surface area contributed by atoms with Crippen LogP contribution in [0.25, 0.3) is 0 Å². The lowest BCUT2D eigenvalue weighted by Crippen LogP contribution is -2.56. The average Bonchev–Trinajstić information content (AvgIpc) is 2.97. The van der Waals surface area contributed by atoms with Gasteiger partial charge in [-0.1, -0.05) is 92.7 Å². The maximum Gasteiger partial charge on any atom is 0.408 e. The number of carbonyl (C=O) groups excluding carboxylic acids is 3. The number of ether oxygens (including phenoxy) is 1. The summed E-state index contributed by atoms with van der Waals surface area (Å²) < 4.78 is 5.28. The molecule has 40 heavy (non-hydrogen) atoms. The van der Waals surface area contributed by atoms with Gasteiger partial charge in [-0.25, -0.2) is 4.79 Å². The number of aliphatic hydroxyl groups excluding tert-OH is 1. The summed E-state index contributed by atoms with van der Waals surface area (Å²) in [6.45, 7) is 3.90. The van der Waals surface area contributed by atoms with Crippen LogP contribution in [0.5, 0.6) is 0 Å². The highest BCUT2D eigenvalue weighted by molar-refractivity contribution is 5.91. The molecular weight excluding hydrogens is 508 g/mol. The molecule has 0 aliphatic heterocycles. The van der Waals surface area contributed by atoms with Crippen LogP contribution in [0.2, 0.25) is 0 Å². The van der Waals surface area contributed by atoms with E-state index in [-0.39, 0.29) is 32.0 Å². The van der Waals surface area contributed by atoms with Crippen LogP contribution in [0.4, 0.5) is 10.5 Å². The molecule has 3 atom stereocenters. The predicted octanol–water partition coefficient (Wildman–Crippen LogP) is 3.25. The second-order valence-corrected chi connectivity index (χ2v) is 9.82. The number of anilines is 1. The number of amides is 3. The minimum atomic E-state index is -0.924. The maximum atomic E-state index is 13.3. The van der Waals surface area contributed by atoms with E-state index in [9.17, 15) is 19.5 Å². The third-order valence-electron chi connectivity index (χ3n) is 6.18. The molecular formula is C31H38N4O5. The first-order chi connectivity index (χ1) is 19.3. The normalized spacial score (nSPS) is 13.0. The molecule has 3 amide bonds. The van der Waals surface area contributed by atoms with E-state index in [0.717, 1.165) is 16.8 Å². The Kier molecular flexibility index (Phi) is 12.0. The van der Waals surface area contributed by atoms with Gasteiger partial charge in [0.25, 0.3) is 0 Å². The van der Waals surface area contributed by atoms with Gasteiger partial charge in [-0.15, -0.1) is 0 Å². The zero-order chi connectivity index (χ0) is 28.7. The van der Waals surface area contributed by atoms with E-state index in [1.54, 1.807) is 13.8 Å². The van der Waals surface area contributed by atoms with Gasteiger partial charge < -0.3 is 31.1 Å². The van der Waals surface area contributed by atoms with Crippen molar-refractivity contribution in [2.75, 3.05) is 18.4 Å². The highest BCUT2D eigenvalue weighted by Gasteiger charge is 2.29. The molecule has 0 saturated heterocycles. The molecule has 9 heteroatoms. The van der Waals surface area contributed by atoms with Crippen molar-refractivity contribution in [3.63, 3.8) is 0 Å². The molecule has 3 rings (SSSR count). The molecule has 5 N–H and O–H groups in total. The molecule has 3 aromatic carbocycles. The molecule has 0 heterocycles. The van der Waals surface area contributed by atoms with Crippen LogP contribution in [0, 0.1) is 5.92 Å². The fraction of sp³-hybridized carbons (Fsp3) is 0.323. The first kappa shape index (κ1) is 30.2. The summed E-state index contributed by atoms with van der Waals surface area (Å²) >= 11 is 0. The molecule has 9 nitrogen and oxygen atoms in total. The Morgan fingerprint density at radius 1 is 0.750 bits per heavy atom. The van der Waals surface area contributed by atoms with Gasteiger partial charge in [0.1, 0.15) is 18.7 Å². The second kappa shape index (κ2) is 15.9.